The largest absolute Gasteiger partial charge is 0.380 e. The van der Waals surface area contributed by atoms with Crippen LogP contribution in [0.3, 0.4) is 0 Å². The molecule has 1 aliphatic heterocycles. The van der Waals surface area contributed by atoms with Crippen molar-refractivity contribution in [3.05, 3.63) is 39.4 Å². The zero-order valence-electron chi connectivity index (χ0n) is 11.7. The second-order valence-electron chi connectivity index (χ2n) is 5.89. The summed E-state index contributed by atoms with van der Waals surface area (Å²) in [6.45, 7) is 0.775. The fourth-order valence-corrected chi connectivity index (χ4v) is 3.40. The quantitative estimate of drug-likeness (QED) is 0.664. The van der Waals surface area contributed by atoms with Gasteiger partial charge in [-0.1, -0.05) is 12.1 Å². The van der Waals surface area contributed by atoms with Gasteiger partial charge in [0.25, 0.3) is 11.6 Å². The summed E-state index contributed by atoms with van der Waals surface area (Å²) in [5.41, 5.74) is 0.424. The lowest BCUT2D eigenvalue weighted by Gasteiger charge is -2.34. The molecule has 0 saturated heterocycles. The van der Waals surface area contributed by atoms with Gasteiger partial charge < -0.3 is 10.0 Å². The molecule has 6 nitrogen and oxygen atoms in total. The van der Waals surface area contributed by atoms with Crippen molar-refractivity contribution in [1.29, 1.82) is 0 Å². The number of benzene rings is 1. The molecule has 1 aromatic rings. The zero-order chi connectivity index (χ0) is 15.0. The number of nitro groups is 1. The maximum atomic E-state index is 12.5. The monoisotopic (exact) mass is 290 g/mol. The summed E-state index contributed by atoms with van der Waals surface area (Å²) >= 11 is 0. The number of amides is 1. The standard InChI is InChI=1S/C15H18N2O4/c18-14(15(19)7-1-2-8-15)16-9-6-12-11(10-16)4-3-5-13(12)17(20)21/h3-5,19H,1-2,6-10H2. The van der Waals surface area contributed by atoms with E-state index in [1.54, 1.807) is 11.0 Å². The molecule has 112 valence electrons. The maximum Gasteiger partial charge on any atom is 0.272 e. The SMILES string of the molecule is O=C(N1CCc2c(cccc2[N+](=O)[O-])C1)C1(O)CCCC1. The van der Waals surface area contributed by atoms with E-state index in [9.17, 15) is 20.0 Å². The Morgan fingerprint density at radius 3 is 2.71 bits per heavy atom. The molecule has 21 heavy (non-hydrogen) atoms. The van der Waals surface area contributed by atoms with Crippen molar-refractivity contribution in [2.45, 2.75) is 44.2 Å². The van der Waals surface area contributed by atoms with Crippen molar-refractivity contribution in [3.8, 4) is 0 Å². The number of hydrogen-bond donors (Lipinski definition) is 1. The number of carbonyl (C=O) groups is 1. The highest BCUT2D eigenvalue weighted by molar-refractivity contribution is 5.85. The molecule has 1 aromatic carbocycles. The lowest BCUT2D eigenvalue weighted by Crippen LogP contribution is -2.49. The van der Waals surface area contributed by atoms with Crippen LogP contribution in [0.25, 0.3) is 0 Å². The van der Waals surface area contributed by atoms with Gasteiger partial charge in [0, 0.05) is 24.7 Å². The van der Waals surface area contributed by atoms with Crippen LogP contribution in [0.2, 0.25) is 0 Å². The van der Waals surface area contributed by atoms with Gasteiger partial charge in [-0.3, -0.25) is 14.9 Å². The van der Waals surface area contributed by atoms with Gasteiger partial charge in [0.05, 0.1) is 4.92 Å². The summed E-state index contributed by atoms with van der Waals surface area (Å²) in [6, 6.07) is 4.97. The molecule has 6 heteroatoms. The van der Waals surface area contributed by atoms with Gasteiger partial charge in [0.15, 0.2) is 0 Å². The first-order valence-electron chi connectivity index (χ1n) is 7.28. The lowest BCUT2D eigenvalue weighted by molar-refractivity contribution is -0.385. The van der Waals surface area contributed by atoms with E-state index in [0.717, 1.165) is 18.4 Å². The van der Waals surface area contributed by atoms with Crippen LogP contribution >= 0.6 is 0 Å². The van der Waals surface area contributed by atoms with E-state index in [1.165, 1.54) is 6.07 Å². The van der Waals surface area contributed by atoms with Crippen LogP contribution in [-0.4, -0.2) is 33.0 Å². The highest BCUT2D eigenvalue weighted by atomic mass is 16.6. The molecule has 3 rings (SSSR count). The van der Waals surface area contributed by atoms with Crippen LogP contribution in [-0.2, 0) is 17.8 Å². The Hall–Kier alpha value is -1.95. The van der Waals surface area contributed by atoms with Gasteiger partial charge in [-0.25, -0.2) is 0 Å². The number of nitrogens with zero attached hydrogens (tertiary/aromatic N) is 2. The van der Waals surface area contributed by atoms with Gasteiger partial charge in [0.2, 0.25) is 0 Å². The van der Waals surface area contributed by atoms with E-state index in [0.29, 0.717) is 37.9 Å². The second kappa shape index (κ2) is 5.11. The van der Waals surface area contributed by atoms with Crippen LogP contribution in [0.4, 0.5) is 5.69 Å². The Morgan fingerprint density at radius 1 is 1.33 bits per heavy atom. The molecule has 2 aliphatic rings. The third-order valence-corrected chi connectivity index (χ3v) is 4.55. The fraction of sp³-hybridized carbons (Fsp3) is 0.533. The summed E-state index contributed by atoms with van der Waals surface area (Å²) in [7, 11) is 0. The van der Waals surface area contributed by atoms with Crippen LogP contribution in [0.1, 0.15) is 36.8 Å². The van der Waals surface area contributed by atoms with Gasteiger partial charge in [-0.2, -0.15) is 0 Å². The zero-order valence-corrected chi connectivity index (χ0v) is 11.7. The van der Waals surface area contributed by atoms with E-state index in [1.807, 2.05) is 6.07 Å². The molecule has 0 aromatic heterocycles. The van der Waals surface area contributed by atoms with E-state index in [2.05, 4.69) is 0 Å². The van der Waals surface area contributed by atoms with Gasteiger partial charge in [0.1, 0.15) is 5.60 Å². The molecule has 1 saturated carbocycles. The number of hydrogen-bond acceptors (Lipinski definition) is 4. The molecule has 1 aliphatic carbocycles. The van der Waals surface area contributed by atoms with Crippen molar-refractivity contribution >= 4 is 11.6 Å². The van der Waals surface area contributed by atoms with Crippen molar-refractivity contribution in [1.82, 2.24) is 4.90 Å². The second-order valence-corrected chi connectivity index (χ2v) is 5.89. The van der Waals surface area contributed by atoms with E-state index in [4.69, 9.17) is 0 Å². The smallest absolute Gasteiger partial charge is 0.272 e. The number of aliphatic hydroxyl groups is 1. The molecule has 0 atom stereocenters. The minimum atomic E-state index is -1.22. The molecule has 1 heterocycles. The summed E-state index contributed by atoms with van der Waals surface area (Å²) in [5.74, 6) is -0.225. The maximum absolute atomic E-state index is 12.5. The summed E-state index contributed by atoms with van der Waals surface area (Å²) in [4.78, 5) is 24.8. The topological polar surface area (TPSA) is 83.7 Å². The molecular weight excluding hydrogens is 272 g/mol. The first-order chi connectivity index (χ1) is 10.0. The molecule has 0 spiro atoms. The predicted octanol–water partition coefficient (Wildman–Crippen LogP) is 1.78. The first kappa shape index (κ1) is 14.0. The molecular formula is C15H18N2O4. The van der Waals surface area contributed by atoms with Crippen molar-refractivity contribution in [2.24, 2.45) is 0 Å². The average Bonchev–Trinajstić information content (AvgIpc) is 2.93. The molecule has 1 N–H and O–H groups in total. The highest BCUT2D eigenvalue weighted by Crippen LogP contribution is 2.34. The van der Waals surface area contributed by atoms with E-state index < -0.39 is 5.60 Å². The predicted molar refractivity (Wildman–Crippen MR) is 75.6 cm³/mol. The third-order valence-electron chi connectivity index (χ3n) is 4.55. The molecule has 1 fully saturated rings. The fourth-order valence-electron chi connectivity index (χ4n) is 3.40. The number of carbonyl (C=O) groups excluding carboxylic acids is 1. The lowest BCUT2D eigenvalue weighted by atomic mass is 9.94. The summed E-state index contributed by atoms with van der Waals surface area (Å²) in [5, 5.41) is 21.4. The minimum Gasteiger partial charge on any atom is -0.380 e. The Kier molecular flexibility index (Phi) is 3.41. The van der Waals surface area contributed by atoms with Crippen molar-refractivity contribution in [2.75, 3.05) is 6.54 Å². The molecule has 1 amide bonds. The first-order valence-corrected chi connectivity index (χ1v) is 7.28. The normalized spacial score (nSPS) is 20.1. The minimum absolute atomic E-state index is 0.124. The van der Waals surface area contributed by atoms with Gasteiger partial charge in [-0.15, -0.1) is 0 Å². The van der Waals surface area contributed by atoms with E-state index >= 15 is 0 Å². The Morgan fingerprint density at radius 2 is 2.05 bits per heavy atom. The number of fused-ring (bicyclic) bond motifs is 1. The van der Waals surface area contributed by atoms with Crippen LogP contribution in [0, 0.1) is 10.1 Å². The highest BCUT2D eigenvalue weighted by Gasteiger charge is 2.42. The Bertz CT molecular complexity index is 593. The van der Waals surface area contributed by atoms with Gasteiger partial charge >= 0.3 is 0 Å². The molecule has 0 bridgehead atoms. The summed E-state index contributed by atoms with van der Waals surface area (Å²) in [6.07, 6.45) is 3.25. The van der Waals surface area contributed by atoms with Crippen molar-refractivity contribution in [3.63, 3.8) is 0 Å². The Balaban J connectivity index is 1.83. The number of nitro benzene ring substituents is 1. The van der Waals surface area contributed by atoms with Crippen LogP contribution in [0.5, 0.6) is 0 Å². The van der Waals surface area contributed by atoms with Crippen LogP contribution in [0.15, 0.2) is 18.2 Å². The Labute approximate surface area is 122 Å². The van der Waals surface area contributed by atoms with Crippen LogP contribution < -0.4 is 0 Å². The molecule has 0 unspecified atom stereocenters. The average molecular weight is 290 g/mol. The van der Waals surface area contributed by atoms with E-state index in [-0.39, 0.29) is 16.5 Å². The summed E-state index contributed by atoms with van der Waals surface area (Å²) < 4.78 is 0. The van der Waals surface area contributed by atoms with Crippen molar-refractivity contribution < 1.29 is 14.8 Å². The molecule has 0 radical (unpaired) electrons. The number of rotatable bonds is 2. The third kappa shape index (κ3) is 2.40. The van der Waals surface area contributed by atoms with Gasteiger partial charge in [-0.05, 0) is 37.7 Å².